The van der Waals surface area contributed by atoms with Gasteiger partial charge < -0.3 is 19.8 Å². The summed E-state index contributed by atoms with van der Waals surface area (Å²) in [7, 11) is 0. The Morgan fingerprint density at radius 3 is 2.83 bits per heavy atom. The monoisotopic (exact) mass is 331 g/mol. The van der Waals surface area contributed by atoms with E-state index < -0.39 is 0 Å². The number of rotatable bonds is 4. The maximum Gasteiger partial charge on any atom is 0.184 e. The van der Waals surface area contributed by atoms with E-state index in [4.69, 9.17) is 14.9 Å². The van der Waals surface area contributed by atoms with Crippen LogP contribution in [0.1, 0.15) is 5.76 Å². The zero-order valence-electron chi connectivity index (χ0n) is 12.4. The number of anilines is 1. The molecule has 120 valence electrons. The van der Waals surface area contributed by atoms with Gasteiger partial charge in [0.1, 0.15) is 17.3 Å². The number of pyridine rings is 1. The zero-order valence-corrected chi connectivity index (χ0v) is 13.3. The fraction of sp³-hybridized carbons (Fsp3) is 0.267. The van der Waals surface area contributed by atoms with Gasteiger partial charge in [-0.1, -0.05) is 0 Å². The summed E-state index contributed by atoms with van der Waals surface area (Å²) in [5.41, 5.74) is 8.67. The number of hydrogen-bond acceptors (Lipinski definition) is 6. The van der Waals surface area contributed by atoms with Gasteiger partial charge in [-0.05, 0) is 36.5 Å². The van der Waals surface area contributed by atoms with E-state index in [2.05, 4.69) is 32.6 Å². The highest BCUT2D eigenvalue weighted by Gasteiger charge is 2.12. The lowest BCUT2D eigenvalue weighted by Crippen LogP contribution is -2.36. The van der Waals surface area contributed by atoms with Crippen LogP contribution in [0.25, 0.3) is 11.3 Å². The highest BCUT2D eigenvalue weighted by atomic mass is 32.1. The Bertz CT molecular complexity index is 692. The molecule has 0 unspecified atom stereocenters. The van der Waals surface area contributed by atoms with Crippen molar-refractivity contribution < 1.29 is 9.15 Å². The van der Waals surface area contributed by atoms with Crippen molar-refractivity contribution in [3.63, 3.8) is 0 Å². The van der Waals surface area contributed by atoms with E-state index in [1.807, 2.05) is 24.3 Å². The molecule has 23 heavy (non-hydrogen) atoms. The van der Waals surface area contributed by atoms with Gasteiger partial charge in [0.2, 0.25) is 0 Å². The molecule has 0 radical (unpaired) electrons. The summed E-state index contributed by atoms with van der Waals surface area (Å²) in [6, 6.07) is 7.67. The minimum atomic E-state index is 0.107. The Morgan fingerprint density at radius 1 is 1.30 bits per heavy atom. The van der Waals surface area contributed by atoms with Crippen molar-refractivity contribution in [2.24, 2.45) is 10.8 Å². The molecule has 1 aliphatic rings. The number of hydrogen-bond donors (Lipinski definition) is 2. The summed E-state index contributed by atoms with van der Waals surface area (Å²) in [6.45, 7) is 3.21. The summed E-state index contributed by atoms with van der Waals surface area (Å²) in [4.78, 5) is 6.71. The molecule has 3 N–H and O–H groups in total. The number of nitrogens with one attached hydrogen (secondary N) is 1. The molecule has 1 aliphatic heterocycles. The SMILES string of the molecule is NC(=S)N/N=C/c1ccc(-c2ccc(N3CCOCC3)nc2)o1. The number of nitrogens with zero attached hydrogens (tertiary/aromatic N) is 3. The van der Waals surface area contributed by atoms with Crippen molar-refractivity contribution in [1.29, 1.82) is 0 Å². The molecule has 3 heterocycles. The molecular weight excluding hydrogens is 314 g/mol. The lowest BCUT2D eigenvalue weighted by Gasteiger charge is -2.27. The second kappa shape index (κ2) is 7.21. The minimum Gasteiger partial charge on any atom is -0.455 e. The predicted octanol–water partition coefficient (Wildman–Crippen LogP) is 1.35. The van der Waals surface area contributed by atoms with Gasteiger partial charge in [0, 0.05) is 24.8 Å². The molecule has 1 saturated heterocycles. The Labute approximate surface area is 139 Å². The van der Waals surface area contributed by atoms with Crippen LogP contribution in [-0.4, -0.2) is 42.6 Å². The van der Waals surface area contributed by atoms with E-state index in [9.17, 15) is 0 Å². The van der Waals surface area contributed by atoms with Crippen molar-refractivity contribution in [3.8, 4) is 11.3 Å². The number of ether oxygens (including phenoxy) is 1. The second-order valence-corrected chi connectivity index (χ2v) is 5.38. The van der Waals surface area contributed by atoms with Crippen LogP contribution < -0.4 is 16.1 Å². The standard InChI is InChI=1S/C15H17N5O2S/c16-15(23)19-18-10-12-2-3-13(22-12)11-1-4-14(17-9-11)20-5-7-21-8-6-20/h1-4,9-10H,5-8H2,(H3,16,19,23)/b18-10+. The van der Waals surface area contributed by atoms with Gasteiger partial charge in [-0.25, -0.2) is 4.98 Å². The molecule has 8 heteroatoms. The first-order valence-electron chi connectivity index (χ1n) is 7.20. The van der Waals surface area contributed by atoms with Crippen molar-refractivity contribution in [2.45, 2.75) is 0 Å². The highest BCUT2D eigenvalue weighted by Crippen LogP contribution is 2.23. The maximum absolute atomic E-state index is 5.69. The Balaban J connectivity index is 1.68. The van der Waals surface area contributed by atoms with E-state index in [-0.39, 0.29) is 5.11 Å². The van der Waals surface area contributed by atoms with Gasteiger partial charge in [-0.15, -0.1) is 0 Å². The number of thiocarbonyl (C=S) groups is 1. The third-order valence-corrected chi connectivity index (χ3v) is 3.45. The smallest absolute Gasteiger partial charge is 0.184 e. The molecule has 2 aromatic rings. The number of morpholine rings is 1. The van der Waals surface area contributed by atoms with Crippen molar-refractivity contribution in [1.82, 2.24) is 10.4 Å². The number of hydrazone groups is 1. The molecule has 0 atom stereocenters. The average Bonchev–Trinajstić information content (AvgIpc) is 3.04. The van der Waals surface area contributed by atoms with Gasteiger partial charge in [-0.3, -0.25) is 5.43 Å². The number of nitrogens with two attached hydrogens (primary N) is 1. The van der Waals surface area contributed by atoms with Crippen LogP contribution in [0.2, 0.25) is 0 Å². The molecule has 0 spiro atoms. The molecule has 7 nitrogen and oxygen atoms in total. The number of furan rings is 1. The van der Waals surface area contributed by atoms with Crippen LogP contribution in [0, 0.1) is 0 Å². The normalized spacial score (nSPS) is 15.0. The molecule has 0 bridgehead atoms. The van der Waals surface area contributed by atoms with Gasteiger partial charge in [0.25, 0.3) is 0 Å². The lowest BCUT2D eigenvalue weighted by molar-refractivity contribution is 0.122. The molecule has 2 aromatic heterocycles. The fourth-order valence-electron chi connectivity index (χ4n) is 2.25. The molecule has 0 saturated carbocycles. The van der Waals surface area contributed by atoms with Gasteiger partial charge in [-0.2, -0.15) is 5.10 Å². The Kier molecular flexibility index (Phi) is 4.84. The molecular formula is C15H17N5O2S. The van der Waals surface area contributed by atoms with Crippen LogP contribution in [0.3, 0.4) is 0 Å². The zero-order chi connectivity index (χ0) is 16.1. The Morgan fingerprint density at radius 2 is 2.13 bits per heavy atom. The van der Waals surface area contributed by atoms with Crippen LogP contribution in [0.5, 0.6) is 0 Å². The van der Waals surface area contributed by atoms with Gasteiger partial charge in [0.15, 0.2) is 5.11 Å². The summed E-state index contributed by atoms with van der Waals surface area (Å²) < 4.78 is 11.0. The second-order valence-electron chi connectivity index (χ2n) is 4.94. The third kappa shape index (κ3) is 4.05. The van der Waals surface area contributed by atoms with E-state index >= 15 is 0 Å². The lowest BCUT2D eigenvalue weighted by atomic mass is 10.2. The van der Waals surface area contributed by atoms with E-state index in [0.717, 1.165) is 43.4 Å². The van der Waals surface area contributed by atoms with Crippen molar-refractivity contribution >= 4 is 29.4 Å². The van der Waals surface area contributed by atoms with E-state index in [0.29, 0.717) is 5.76 Å². The molecule has 0 amide bonds. The Hall–Kier alpha value is -2.45. The highest BCUT2D eigenvalue weighted by molar-refractivity contribution is 7.80. The third-order valence-electron chi connectivity index (χ3n) is 3.36. The first-order chi connectivity index (χ1) is 11.2. The first-order valence-corrected chi connectivity index (χ1v) is 7.61. The van der Waals surface area contributed by atoms with E-state index in [1.165, 1.54) is 6.21 Å². The first kappa shape index (κ1) is 15.4. The van der Waals surface area contributed by atoms with Crippen LogP contribution >= 0.6 is 12.2 Å². The quantitative estimate of drug-likeness (QED) is 0.496. The minimum absolute atomic E-state index is 0.107. The summed E-state index contributed by atoms with van der Waals surface area (Å²) in [6.07, 6.45) is 3.32. The predicted molar refractivity (Wildman–Crippen MR) is 92.5 cm³/mol. The summed E-state index contributed by atoms with van der Waals surface area (Å²) in [5.74, 6) is 2.27. The van der Waals surface area contributed by atoms with E-state index in [1.54, 1.807) is 6.20 Å². The van der Waals surface area contributed by atoms with Crippen LogP contribution in [0.15, 0.2) is 40.0 Å². The van der Waals surface area contributed by atoms with Crippen molar-refractivity contribution in [2.75, 3.05) is 31.2 Å². The molecule has 3 rings (SSSR count). The van der Waals surface area contributed by atoms with Gasteiger partial charge >= 0.3 is 0 Å². The molecule has 1 fully saturated rings. The summed E-state index contributed by atoms with van der Waals surface area (Å²) in [5, 5.41) is 3.96. The fourth-order valence-corrected chi connectivity index (χ4v) is 2.30. The molecule has 0 aromatic carbocycles. The van der Waals surface area contributed by atoms with Gasteiger partial charge in [0.05, 0.1) is 19.4 Å². The number of aromatic nitrogens is 1. The molecule has 0 aliphatic carbocycles. The van der Waals surface area contributed by atoms with Crippen LogP contribution in [-0.2, 0) is 4.74 Å². The summed E-state index contributed by atoms with van der Waals surface area (Å²) >= 11 is 4.66. The largest absolute Gasteiger partial charge is 0.455 e. The van der Waals surface area contributed by atoms with Crippen molar-refractivity contribution in [3.05, 3.63) is 36.2 Å². The maximum atomic E-state index is 5.69. The van der Waals surface area contributed by atoms with Crippen LogP contribution in [0.4, 0.5) is 5.82 Å². The topological polar surface area (TPSA) is 88.9 Å². The average molecular weight is 331 g/mol.